The summed E-state index contributed by atoms with van der Waals surface area (Å²) in [6.45, 7) is 2.19. The van der Waals surface area contributed by atoms with Gasteiger partial charge in [-0.1, -0.05) is 57.6 Å². The van der Waals surface area contributed by atoms with Crippen molar-refractivity contribution in [3.8, 4) is 0 Å². The Balaban J connectivity index is 3.25. The monoisotopic (exact) mass is 312 g/mol. The second kappa shape index (κ2) is 16.5. The van der Waals surface area contributed by atoms with E-state index < -0.39 is 0 Å². The molecule has 1 atom stereocenters. The lowest BCUT2D eigenvalue weighted by molar-refractivity contribution is -0.140. The van der Waals surface area contributed by atoms with Crippen molar-refractivity contribution in [2.75, 3.05) is 7.11 Å². The highest BCUT2D eigenvalue weighted by Gasteiger charge is 2.01. The molecule has 130 valence electrons. The van der Waals surface area contributed by atoms with E-state index in [-0.39, 0.29) is 12.1 Å². The molecular formula is C19H36O3. The van der Waals surface area contributed by atoms with Gasteiger partial charge in [-0.15, -0.1) is 0 Å². The van der Waals surface area contributed by atoms with Crippen LogP contribution in [0.3, 0.4) is 0 Å². The average molecular weight is 312 g/mol. The molecule has 1 unspecified atom stereocenters. The van der Waals surface area contributed by atoms with Crippen LogP contribution in [0, 0.1) is 0 Å². The fraction of sp³-hybridized carbons (Fsp3) is 0.842. The average Bonchev–Trinajstić information content (AvgIpc) is 2.52. The normalized spacial score (nSPS) is 12.7. The third-order valence-electron chi connectivity index (χ3n) is 3.95. The first kappa shape index (κ1) is 21.2. The number of carbonyl (C=O) groups is 1. The number of esters is 1. The van der Waals surface area contributed by atoms with Crippen LogP contribution in [0.1, 0.15) is 90.4 Å². The van der Waals surface area contributed by atoms with Gasteiger partial charge in [-0.25, -0.2) is 0 Å². The third kappa shape index (κ3) is 15.6. The Morgan fingerprint density at radius 2 is 1.64 bits per heavy atom. The van der Waals surface area contributed by atoms with Crippen LogP contribution in [-0.4, -0.2) is 24.3 Å². The second-order valence-electron chi connectivity index (χ2n) is 6.08. The highest BCUT2D eigenvalue weighted by atomic mass is 16.5. The molecule has 0 amide bonds. The highest BCUT2D eigenvalue weighted by molar-refractivity contribution is 5.68. The lowest BCUT2D eigenvalue weighted by atomic mass is 10.1. The first-order chi connectivity index (χ1) is 10.7. The van der Waals surface area contributed by atoms with Crippen LogP contribution >= 0.6 is 0 Å². The van der Waals surface area contributed by atoms with E-state index in [1.165, 1.54) is 39.2 Å². The largest absolute Gasteiger partial charge is 0.469 e. The highest BCUT2D eigenvalue weighted by Crippen LogP contribution is 2.10. The van der Waals surface area contributed by atoms with Gasteiger partial charge in [0.2, 0.25) is 0 Å². The number of allylic oxidation sites excluding steroid dienone is 2. The van der Waals surface area contributed by atoms with E-state index in [0.29, 0.717) is 6.42 Å². The Hall–Kier alpha value is -0.830. The molecule has 22 heavy (non-hydrogen) atoms. The minimum absolute atomic E-state index is 0.0974. The number of unbranched alkanes of at least 4 members (excludes halogenated alkanes) is 7. The molecule has 0 aromatic carbocycles. The van der Waals surface area contributed by atoms with Crippen molar-refractivity contribution in [2.45, 2.75) is 96.5 Å². The van der Waals surface area contributed by atoms with Crippen LogP contribution in [0.15, 0.2) is 12.2 Å². The lowest BCUT2D eigenvalue weighted by Crippen LogP contribution is -2.05. The maximum Gasteiger partial charge on any atom is 0.305 e. The molecule has 0 aliphatic rings. The van der Waals surface area contributed by atoms with Gasteiger partial charge in [0.15, 0.2) is 0 Å². The van der Waals surface area contributed by atoms with Gasteiger partial charge in [0, 0.05) is 6.42 Å². The Bertz CT molecular complexity index is 274. The summed E-state index contributed by atoms with van der Waals surface area (Å²) < 4.78 is 4.61. The molecule has 0 saturated carbocycles. The van der Waals surface area contributed by atoms with Crippen molar-refractivity contribution in [1.82, 2.24) is 0 Å². The van der Waals surface area contributed by atoms with Crippen LogP contribution in [-0.2, 0) is 9.53 Å². The molecular weight excluding hydrogens is 276 g/mol. The predicted octanol–water partition coefficient (Wildman–Crippen LogP) is 5.17. The maximum atomic E-state index is 10.9. The van der Waals surface area contributed by atoms with Gasteiger partial charge in [0.1, 0.15) is 0 Å². The van der Waals surface area contributed by atoms with E-state index in [9.17, 15) is 9.90 Å². The summed E-state index contributed by atoms with van der Waals surface area (Å²) in [6, 6.07) is 0. The van der Waals surface area contributed by atoms with E-state index in [2.05, 4.69) is 23.8 Å². The van der Waals surface area contributed by atoms with Gasteiger partial charge in [0.05, 0.1) is 13.2 Å². The molecule has 0 aromatic heterocycles. The number of hydrogen-bond acceptors (Lipinski definition) is 3. The Labute approximate surface area is 137 Å². The second-order valence-corrected chi connectivity index (χ2v) is 6.08. The first-order valence-corrected chi connectivity index (χ1v) is 9.10. The summed E-state index contributed by atoms with van der Waals surface area (Å²) in [7, 11) is 1.44. The van der Waals surface area contributed by atoms with Gasteiger partial charge in [-0.3, -0.25) is 4.79 Å². The first-order valence-electron chi connectivity index (χ1n) is 9.10. The number of aliphatic hydroxyl groups is 1. The number of methoxy groups -OCH3 is 1. The number of ether oxygens (including phenoxy) is 1. The molecule has 0 spiro atoms. The molecule has 3 heteroatoms. The van der Waals surface area contributed by atoms with Crippen LogP contribution in [0.4, 0.5) is 0 Å². The minimum Gasteiger partial charge on any atom is -0.469 e. The minimum atomic E-state index is -0.119. The van der Waals surface area contributed by atoms with Crippen molar-refractivity contribution >= 4 is 5.97 Å². The third-order valence-corrected chi connectivity index (χ3v) is 3.95. The van der Waals surface area contributed by atoms with Gasteiger partial charge in [0.25, 0.3) is 0 Å². The van der Waals surface area contributed by atoms with Gasteiger partial charge >= 0.3 is 5.97 Å². The number of rotatable bonds is 15. The quantitative estimate of drug-likeness (QED) is 0.258. The summed E-state index contributed by atoms with van der Waals surface area (Å²) >= 11 is 0. The Morgan fingerprint density at radius 3 is 2.36 bits per heavy atom. The fourth-order valence-electron chi connectivity index (χ4n) is 2.46. The smallest absolute Gasteiger partial charge is 0.305 e. The van der Waals surface area contributed by atoms with Crippen molar-refractivity contribution in [1.29, 1.82) is 0 Å². The van der Waals surface area contributed by atoms with Crippen molar-refractivity contribution in [3.63, 3.8) is 0 Å². The van der Waals surface area contributed by atoms with Gasteiger partial charge in [-0.2, -0.15) is 0 Å². The number of hydrogen-bond donors (Lipinski definition) is 1. The van der Waals surface area contributed by atoms with Gasteiger partial charge < -0.3 is 9.84 Å². The van der Waals surface area contributed by atoms with Crippen molar-refractivity contribution < 1.29 is 14.6 Å². The Morgan fingerprint density at radius 1 is 0.955 bits per heavy atom. The summed E-state index contributed by atoms with van der Waals surface area (Å²) in [4.78, 5) is 10.9. The van der Waals surface area contributed by atoms with E-state index in [4.69, 9.17) is 0 Å². The van der Waals surface area contributed by atoms with Crippen LogP contribution in [0.5, 0.6) is 0 Å². The SMILES string of the molecule is CCCCCC(O)CC/C=C\CCCCCCCC(=O)OC. The summed E-state index contributed by atoms with van der Waals surface area (Å²) in [5.41, 5.74) is 0. The van der Waals surface area contributed by atoms with E-state index in [1.54, 1.807) is 0 Å². The molecule has 0 saturated heterocycles. The zero-order valence-electron chi connectivity index (χ0n) is 14.7. The molecule has 3 nitrogen and oxygen atoms in total. The van der Waals surface area contributed by atoms with Gasteiger partial charge in [-0.05, 0) is 38.5 Å². The van der Waals surface area contributed by atoms with E-state index in [0.717, 1.165) is 44.9 Å². The maximum absolute atomic E-state index is 10.9. The standard InChI is InChI=1S/C19H36O3/c1-3-4-12-15-18(20)16-13-10-8-6-5-7-9-11-14-17-19(21)22-2/h8,10,18,20H,3-7,9,11-17H2,1-2H3/b10-8-. The zero-order chi connectivity index (χ0) is 16.5. The molecule has 0 aliphatic carbocycles. The summed E-state index contributed by atoms with van der Waals surface area (Å²) in [6.07, 6.45) is 18.1. The Kier molecular flexibility index (Phi) is 15.9. The zero-order valence-corrected chi connectivity index (χ0v) is 14.7. The summed E-state index contributed by atoms with van der Waals surface area (Å²) in [5.74, 6) is -0.0974. The number of aliphatic hydroxyl groups excluding tert-OH is 1. The predicted molar refractivity (Wildman–Crippen MR) is 92.9 cm³/mol. The van der Waals surface area contributed by atoms with Crippen LogP contribution < -0.4 is 0 Å². The van der Waals surface area contributed by atoms with Crippen molar-refractivity contribution in [2.24, 2.45) is 0 Å². The van der Waals surface area contributed by atoms with Crippen molar-refractivity contribution in [3.05, 3.63) is 12.2 Å². The molecule has 0 rings (SSSR count). The summed E-state index contributed by atoms with van der Waals surface area (Å²) in [5, 5.41) is 9.79. The molecule has 0 heterocycles. The van der Waals surface area contributed by atoms with Crippen LogP contribution in [0.2, 0.25) is 0 Å². The van der Waals surface area contributed by atoms with E-state index in [1.807, 2.05) is 0 Å². The molecule has 1 N–H and O–H groups in total. The molecule has 0 aliphatic heterocycles. The topological polar surface area (TPSA) is 46.5 Å². The number of carbonyl (C=O) groups excluding carboxylic acids is 1. The molecule has 0 aromatic rings. The van der Waals surface area contributed by atoms with Crippen LogP contribution in [0.25, 0.3) is 0 Å². The molecule has 0 bridgehead atoms. The molecule has 0 fully saturated rings. The molecule has 0 radical (unpaired) electrons. The lowest BCUT2D eigenvalue weighted by Gasteiger charge is -2.07. The van der Waals surface area contributed by atoms with E-state index >= 15 is 0 Å². The fourth-order valence-corrected chi connectivity index (χ4v) is 2.46.